The first-order chi connectivity index (χ1) is 4.63. The summed E-state index contributed by atoms with van der Waals surface area (Å²) in [4.78, 5) is 21.5. The Bertz CT molecular complexity index is 147. The van der Waals surface area contributed by atoms with Crippen LogP contribution in [0.5, 0.6) is 0 Å². The molecule has 0 fully saturated rings. The van der Waals surface area contributed by atoms with E-state index in [1.54, 1.807) is 0 Å². The molecule has 0 aromatic carbocycles. The summed E-state index contributed by atoms with van der Waals surface area (Å²) in [7, 11) is 1.50. The maximum Gasteiger partial charge on any atom is 0.231 e. The smallest absolute Gasteiger partial charge is 0.231 e. The minimum Gasteiger partial charge on any atom is -0.359 e. The number of thiol groups is 1. The van der Waals surface area contributed by atoms with Gasteiger partial charge in [-0.05, 0) is 6.92 Å². The molecule has 0 radical (unpaired) electrons. The monoisotopic (exact) mass is 161 g/mol. The van der Waals surface area contributed by atoms with Crippen molar-refractivity contribution in [1.82, 2.24) is 5.32 Å². The minimum absolute atomic E-state index is 0.144. The highest BCUT2D eigenvalue weighted by molar-refractivity contribution is 7.80. The van der Waals surface area contributed by atoms with Crippen LogP contribution >= 0.6 is 12.6 Å². The molecule has 58 valence electrons. The lowest BCUT2D eigenvalue weighted by Crippen LogP contribution is -2.32. The van der Waals surface area contributed by atoms with E-state index in [1.807, 2.05) is 0 Å². The summed E-state index contributed by atoms with van der Waals surface area (Å²) in [6.45, 7) is 1.39. The quantitative estimate of drug-likeness (QED) is 0.447. The standard InChI is InChI=1S/C6H11NO2S/c1-4(8)5(3-10)6(9)7-2/h5,10H,3H2,1-2H3,(H,7,9). The topological polar surface area (TPSA) is 46.2 Å². The van der Waals surface area contributed by atoms with E-state index in [4.69, 9.17) is 0 Å². The number of rotatable bonds is 3. The lowest BCUT2D eigenvalue weighted by Gasteiger charge is -2.07. The van der Waals surface area contributed by atoms with E-state index in [-0.39, 0.29) is 17.4 Å². The van der Waals surface area contributed by atoms with E-state index in [2.05, 4.69) is 17.9 Å². The minimum atomic E-state index is -0.590. The van der Waals surface area contributed by atoms with Gasteiger partial charge in [-0.3, -0.25) is 9.59 Å². The van der Waals surface area contributed by atoms with Gasteiger partial charge in [-0.25, -0.2) is 0 Å². The fourth-order valence-electron chi connectivity index (χ4n) is 0.570. The van der Waals surface area contributed by atoms with Crippen LogP contribution in [0.1, 0.15) is 6.92 Å². The second-order valence-electron chi connectivity index (χ2n) is 1.96. The molecule has 4 heteroatoms. The van der Waals surface area contributed by atoms with Crippen molar-refractivity contribution in [3.63, 3.8) is 0 Å². The van der Waals surface area contributed by atoms with Gasteiger partial charge in [0.1, 0.15) is 11.7 Å². The summed E-state index contributed by atoms with van der Waals surface area (Å²) < 4.78 is 0. The van der Waals surface area contributed by atoms with Crippen LogP contribution in [-0.2, 0) is 9.59 Å². The molecule has 3 nitrogen and oxygen atoms in total. The lowest BCUT2D eigenvalue weighted by atomic mass is 10.1. The molecule has 0 aliphatic carbocycles. The molecule has 0 aromatic heterocycles. The number of Topliss-reactive ketones (excluding diaryl/α,β-unsaturated/α-hetero) is 1. The van der Waals surface area contributed by atoms with E-state index in [9.17, 15) is 9.59 Å². The second kappa shape index (κ2) is 4.33. The predicted octanol–water partition coefficient (Wildman–Crippen LogP) is -0.133. The Morgan fingerprint density at radius 3 is 2.20 bits per heavy atom. The first-order valence-corrected chi connectivity index (χ1v) is 3.59. The van der Waals surface area contributed by atoms with Crippen molar-refractivity contribution in [2.75, 3.05) is 12.8 Å². The Labute approximate surface area is 65.6 Å². The lowest BCUT2D eigenvalue weighted by molar-refractivity contribution is -0.131. The number of hydrogen-bond donors (Lipinski definition) is 2. The van der Waals surface area contributed by atoms with Crippen LogP contribution in [0.3, 0.4) is 0 Å². The number of hydrogen-bond acceptors (Lipinski definition) is 3. The van der Waals surface area contributed by atoms with Gasteiger partial charge in [0.25, 0.3) is 0 Å². The fourth-order valence-corrected chi connectivity index (χ4v) is 0.993. The number of nitrogens with one attached hydrogen (secondary N) is 1. The van der Waals surface area contributed by atoms with E-state index >= 15 is 0 Å². The van der Waals surface area contributed by atoms with Crippen LogP contribution in [-0.4, -0.2) is 24.5 Å². The zero-order valence-electron chi connectivity index (χ0n) is 6.05. The molecule has 0 aliphatic heterocycles. The van der Waals surface area contributed by atoms with Gasteiger partial charge in [0, 0.05) is 12.8 Å². The average molecular weight is 161 g/mol. The zero-order chi connectivity index (χ0) is 8.15. The Balaban J connectivity index is 4.06. The van der Waals surface area contributed by atoms with Crippen molar-refractivity contribution < 1.29 is 9.59 Å². The fraction of sp³-hybridized carbons (Fsp3) is 0.667. The molecule has 1 unspecified atom stereocenters. The van der Waals surface area contributed by atoms with E-state index in [0.717, 1.165) is 0 Å². The van der Waals surface area contributed by atoms with Gasteiger partial charge in [-0.2, -0.15) is 12.6 Å². The van der Waals surface area contributed by atoms with Crippen molar-refractivity contribution in [3.8, 4) is 0 Å². The molecule has 10 heavy (non-hydrogen) atoms. The molecular weight excluding hydrogens is 150 g/mol. The molecule has 0 saturated heterocycles. The van der Waals surface area contributed by atoms with Crippen molar-refractivity contribution in [2.24, 2.45) is 5.92 Å². The Kier molecular flexibility index (Phi) is 4.11. The van der Waals surface area contributed by atoms with Crippen LogP contribution < -0.4 is 5.32 Å². The molecule has 1 atom stereocenters. The molecule has 0 aliphatic rings. The summed E-state index contributed by atoms with van der Waals surface area (Å²) in [5, 5.41) is 2.39. The number of carbonyl (C=O) groups excluding carboxylic acids is 2. The van der Waals surface area contributed by atoms with E-state index in [0.29, 0.717) is 0 Å². The molecule has 1 amide bonds. The molecule has 0 heterocycles. The molecule has 0 spiro atoms. The largest absolute Gasteiger partial charge is 0.359 e. The van der Waals surface area contributed by atoms with Gasteiger partial charge in [0.15, 0.2) is 0 Å². The summed E-state index contributed by atoms with van der Waals surface area (Å²) in [6, 6.07) is 0. The molecule has 0 saturated carbocycles. The maximum atomic E-state index is 10.8. The molecule has 0 aromatic rings. The number of ketones is 1. The van der Waals surface area contributed by atoms with Gasteiger partial charge in [0.05, 0.1) is 0 Å². The summed E-state index contributed by atoms with van der Waals surface area (Å²) in [5.74, 6) is -0.722. The van der Waals surface area contributed by atoms with Crippen molar-refractivity contribution in [3.05, 3.63) is 0 Å². The van der Waals surface area contributed by atoms with Gasteiger partial charge < -0.3 is 5.32 Å². The van der Waals surface area contributed by atoms with Crippen LogP contribution in [0.4, 0.5) is 0 Å². The van der Waals surface area contributed by atoms with E-state index in [1.165, 1.54) is 14.0 Å². The van der Waals surface area contributed by atoms with Gasteiger partial charge in [0.2, 0.25) is 5.91 Å². The number of amides is 1. The highest BCUT2D eigenvalue weighted by Crippen LogP contribution is 1.99. The average Bonchev–Trinajstić information content (AvgIpc) is 1.88. The van der Waals surface area contributed by atoms with Crippen LogP contribution in [0, 0.1) is 5.92 Å². The zero-order valence-corrected chi connectivity index (χ0v) is 6.94. The van der Waals surface area contributed by atoms with Gasteiger partial charge >= 0.3 is 0 Å². The summed E-state index contributed by atoms with van der Waals surface area (Å²) >= 11 is 3.87. The molecule has 0 bridgehead atoms. The first-order valence-electron chi connectivity index (χ1n) is 2.96. The summed E-state index contributed by atoms with van der Waals surface area (Å²) in [5.41, 5.74) is 0. The number of carbonyl (C=O) groups is 2. The Morgan fingerprint density at radius 1 is 1.60 bits per heavy atom. The summed E-state index contributed by atoms with van der Waals surface area (Å²) in [6.07, 6.45) is 0. The Morgan fingerprint density at radius 2 is 2.10 bits per heavy atom. The third-order valence-electron chi connectivity index (χ3n) is 1.24. The predicted molar refractivity (Wildman–Crippen MR) is 42.1 cm³/mol. The molecule has 0 rings (SSSR count). The third-order valence-corrected chi connectivity index (χ3v) is 1.60. The van der Waals surface area contributed by atoms with E-state index < -0.39 is 5.92 Å². The van der Waals surface area contributed by atoms with Gasteiger partial charge in [-0.1, -0.05) is 0 Å². The SMILES string of the molecule is CNC(=O)C(CS)C(C)=O. The first kappa shape index (κ1) is 9.49. The van der Waals surface area contributed by atoms with Gasteiger partial charge in [-0.15, -0.1) is 0 Å². The van der Waals surface area contributed by atoms with Crippen molar-refractivity contribution in [2.45, 2.75) is 6.92 Å². The van der Waals surface area contributed by atoms with Crippen LogP contribution in [0.25, 0.3) is 0 Å². The third kappa shape index (κ3) is 2.39. The van der Waals surface area contributed by atoms with Crippen molar-refractivity contribution >= 4 is 24.3 Å². The maximum absolute atomic E-state index is 10.8. The molecular formula is C6H11NO2S. The highest BCUT2D eigenvalue weighted by Gasteiger charge is 2.19. The van der Waals surface area contributed by atoms with Crippen molar-refractivity contribution in [1.29, 1.82) is 0 Å². The normalized spacial score (nSPS) is 12.3. The van der Waals surface area contributed by atoms with Crippen LogP contribution in [0.2, 0.25) is 0 Å². The highest BCUT2D eigenvalue weighted by atomic mass is 32.1. The molecule has 1 N–H and O–H groups in total. The second-order valence-corrected chi connectivity index (χ2v) is 2.33. The van der Waals surface area contributed by atoms with Crippen LogP contribution in [0.15, 0.2) is 0 Å². The Hall–Kier alpha value is -0.510.